The Hall–Kier alpha value is -1.12. The molecule has 106 valence electrons. The highest BCUT2D eigenvalue weighted by Gasteiger charge is 2.18. The fourth-order valence-corrected chi connectivity index (χ4v) is 3.00. The van der Waals surface area contributed by atoms with Gasteiger partial charge in [-0.1, -0.05) is 53.2 Å². The summed E-state index contributed by atoms with van der Waals surface area (Å²) in [5.41, 5.74) is 6.73. The summed E-state index contributed by atoms with van der Waals surface area (Å²) < 4.78 is 1.17. The van der Waals surface area contributed by atoms with Crippen LogP contribution in [0.4, 0.5) is 0 Å². The van der Waals surface area contributed by atoms with E-state index < -0.39 is 0 Å². The molecule has 0 radical (unpaired) electrons. The van der Waals surface area contributed by atoms with Crippen LogP contribution >= 0.6 is 15.9 Å². The number of hydrogen-bond donors (Lipinski definition) is 1. The number of aryl methyl sites for hydroxylation is 1. The molecule has 20 heavy (non-hydrogen) atoms. The summed E-state index contributed by atoms with van der Waals surface area (Å²) in [6, 6.07) is 13.2. The predicted octanol–water partition coefficient (Wildman–Crippen LogP) is 5.07. The summed E-state index contributed by atoms with van der Waals surface area (Å²) in [7, 11) is 0. The van der Waals surface area contributed by atoms with Crippen LogP contribution in [0.3, 0.4) is 0 Å². The van der Waals surface area contributed by atoms with Gasteiger partial charge in [0.1, 0.15) is 0 Å². The van der Waals surface area contributed by atoms with Crippen LogP contribution in [0.5, 0.6) is 0 Å². The SMILES string of the molecule is CCNC(c1cccc(C)c1C)c1cccc(Br)c1C. The molecule has 0 fully saturated rings. The Balaban J connectivity index is 2.56. The normalized spacial score (nSPS) is 12.4. The van der Waals surface area contributed by atoms with Gasteiger partial charge in [-0.3, -0.25) is 0 Å². The Morgan fingerprint density at radius 2 is 1.55 bits per heavy atom. The van der Waals surface area contributed by atoms with E-state index in [1.165, 1.54) is 32.3 Å². The van der Waals surface area contributed by atoms with E-state index in [-0.39, 0.29) is 6.04 Å². The Morgan fingerprint density at radius 3 is 2.20 bits per heavy atom. The standard InChI is InChI=1S/C18H22BrN/c1-5-20-18(15-9-6-8-12(2)13(15)3)16-10-7-11-17(19)14(16)4/h6-11,18,20H,5H2,1-4H3. The van der Waals surface area contributed by atoms with Crippen molar-refractivity contribution in [2.75, 3.05) is 6.54 Å². The van der Waals surface area contributed by atoms with Crippen LogP contribution in [0.1, 0.15) is 40.8 Å². The van der Waals surface area contributed by atoms with E-state index in [9.17, 15) is 0 Å². The molecular weight excluding hydrogens is 310 g/mol. The zero-order chi connectivity index (χ0) is 14.7. The Labute approximate surface area is 130 Å². The van der Waals surface area contributed by atoms with E-state index in [0.717, 1.165) is 6.54 Å². The highest BCUT2D eigenvalue weighted by atomic mass is 79.9. The molecule has 2 heteroatoms. The Kier molecular flexibility index (Phi) is 5.00. The maximum atomic E-state index is 3.64. The largest absolute Gasteiger partial charge is 0.307 e. The summed E-state index contributed by atoms with van der Waals surface area (Å²) in [5.74, 6) is 0. The lowest BCUT2D eigenvalue weighted by molar-refractivity contribution is 0.624. The average Bonchev–Trinajstić information content (AvgIpc) is 2.43. The molecule has 0 aliphatic rings. The van der Waals surface area contributed by atoms with Crippen LogP contribution in [0.25, 0.3) is 0 Å². The second kappa shape index (κ2) is 6.55. The molecule has 2 rings (SSSR count). The smallest absolute Gasteiger partial charge is 0.0582 e. The lowest BCUT2D eigenvalue weighted by Crippen LogP contribution is -2.23. The van der Waals surface area contributed by atoms with Crippen molar-refractivity contribution in [3.8, 4) is 0 Å². The van der Waals surface area contributed by atoms with Gasteiger partial charge in [-0.15, -0.1) is 0 Å². The lowest BCUT2D eigenvalue weighted by atomic mass is 9.90. The van der Waals surface area contributed by atoms with Gasteiger partial charge < -0.3 is 5.32 Å². The van der Waals surface area contributed by atoms with Crippen LogP contribution in [-0.2, 0) is 0 Å². The molecule has 0 aliphatic heterocycles. The second-order valence-electron chi connectivity index (χ2n) is 5.23. The minimum absolute atomic E-state index is 0.248. The topological polar surface area (TPSA) is 12.0 Å². The molecule has 1 unspecified atom stereocenters. The molecule has 2 aromatic rings. The summed E-state index contributed by atoms with van der Waals surface area (Å²) in [6.45, 7) is 9.67. The predicted molar refractivity (Wildman–Crippen MR) is 90.3 cm³/mol. The minimum atomic E-state index is 0.248. The van der Waals surface area contributed by atoms with Gasteiger partial charge in [-0.05, 0) is 61.2 Å². The molecule has 0 aromatic heterocycles. The first-order valence-corrected chi connectivity index (χ1v) is 7.90. The molecular formula is C18H22BrN. The molecule has 1 nitrogen and oxygen atoms in total. The maximum Gasteiger partial charge on any atom is 0.0582 e. The molecule has 0 amide bonds. The third kappa shape index (κ3) is 2.97. The molecule has 0 bridgehead atoms. The van der Waals surface area contributed by atoms with E-state index in [0.29, 0.717) is 0 Å². The van der Waals surface area contributed by atoms with Crippen LogP contribution in [0, 0.1) is 20.8 Å². The molecule has 2 aromatic carbocycles. The number of halogens is 1. The number of benzene rings is 2. The first kappa shape index (κ1) is 15.3. The summed E-state index contributed by atoms with van der Waals surface area (Å²) in [4.78, 5) is 0. The van der Waals surface area contributed by atoms with Crippen LogP contribution in [0.15, 0.2) is 40.9 Å². The van der Waals surface area contributed by atoms with E-state index in [1.807, 2.05) is 0 Å². The van der Waals surface area contributed by atoms with Crippen molar-refractivity contribution in [2.45, 2.75) is 33.7 Å². The van der Waals surface area contributed by atoms with Gasteiger partial charge in [-0.25, -0.2) is 0 Å². The van der Waals surface area contributed by atoms with Crippen molar-refractivity contribution >= 4 is 15.9 Å². The zero-order valence-corrected chi connectivity index (χ0v) is 14.2. The third-order valence-electron chi connectivity index (χ3n) is 3.99. The number of rotatable bonds is 4. The number of hydrogen-bond acceptors (Lipinski definition) is 1. The van der Waals surface area contributed by atoms with Gasteiger partial charge in [0, 0.05) is 4.47 Å². The van der Waals surface area contributed by atoms with Crippen molar-refractivity contribution in [3.63, 3.8) is 0 Å². The average molecular weight is 332 g/mol. The molecule has 0 saturated carbocycles. The van der Waals surface area contributed by atoms with Gasteiger partial charge in [0.05, 0.1) is 6.04 Å². The summed E-state index contributed by atoms with van der Waals surface area (Å²) in [5, 5.41) is 3.63. The summed E-state index contributed by atoms with van der Waals surface area (Å²) in [6.07, 6.45) is 0. The van der Waals surface area contributed by atoms with Crippen molar-refractivity contribution in [1.82, 2.24) is 5.32 Å². The van der Waals surface area contributed by atoms with E-state index in [2.05, 4.69) is 85.3 Å². The lowest BCUT2D eigenvalue weighted by Gasteiger charge is -2.24. The summed E-state index contributed by atoms with van der Waals surface area (Å²) >= 11 is 3.64. The van der Waals surface area contributed by atoms with Gasteiger partial charge in [0.15, 0.2) is 0 Å². The molecule has 0 heterocycles. The second-order valence-corrected chi connectivity index (χ2v) is 6.09. The quantitative estimate of drug-likeness (QED) is 0.824. The molecule has 0 aliphatic carbocycles. The molecule has 0 saturated heterocycles. The van der Waals surface area contributed by atoms with Crippen molar-refractivity contribution in [1.29, 1.82) is 0 Å². The number of nitrogens with one attached hydrogen (secondary N) is 1. The van der Waals surface area contributed by atoms with Crippen molar-refractivity contribution < 1.29 is 0 Å². The van der Waals surface area contributed by atoms with Gasteiger partial charge >= 0.3 is 0 Å². The first-order valence-electron chi connectivity index (χ1n) is 7.10. The van der Waals surface area contributed by atoms with Crippen LogP contribution < -0.4 is 5.32 Å². The zero-order valence-electron chi connectivity index (χ0n) is 12.6. The van der Waals surface area contributed by atoms with E-state index >= 15 is 0 Å². The fraction of sp³-hybridized carbons (Fsp3) is 0.333. The monoisotopic (exact) mass is 331 g/mol. The Morgan fingerprint density at radius 1 is 0.950 bits per heavy atom. The van der Waals surface area contributed by atoms with E-state index in [4.69, 9.17) is 0 Å². The molecule has 0 spiro atoms. The third-order valence-corrected chi connectivity index (χ3v) is 4.85. The maximum absolute atomic E-state index is 3.64. The van der Waals surface area contributed by atoms with Crippen molar-refractivity contribution in [3.05, 3.63) is 68.7 Å². The van der Waals surface area contributed by atoms with Crippen LogP contribution in [0.2, 0.25) is 0 Å². The van der Waals surface area contributed by atoms with Gasteiger partial charge in [0.2, 0.25) is 0 Å². The molecule has 1 atom stereocenters. The highest BCUT2D eigenvalue weighted by molar-refractivity contribution is 9.10. The van der Waals surface area contributed by atoms with Crippen LogP contribution in [-0.4, -0.2) is 6.54 Å². The van der Waals surface area contributed by atoms with E-state index in [1.54, 1.807) is 0 Å². The van der Waals surface area contributed by atoms with Gasteiger partial charge in [-0.2, -0.15) is 0 Å². The van der Waals surface area contributed by atoms with Crippen molar-refractivity contribution in [2.24, 2.45) is 0 Å². The van der Waals surface area contributed by atoms with Gasteiger partial charge in [0.25, 0.3) is 0 Å². The Bertz CT molecular complexity index is 553. The molecule has 1 N–H and O–H groups in total. The first-order chi connectivity index (χ1) is 9.56. The minimum Gasteiger partial charge on any atom is -0.307 e. The fourth-order valence-electron chi connectivity index (χ4n) is 2.61. The highest BCUT2D eigenvalue weighted by Crippen LogP contribution is 2.31.